The molecule has 2 aromatic carbocycles. The van der Waals surface area contributed by atoms with E-state index in [0.29, 0.717) is 28.5 Å². The van der Waals surface area contributed by atoms with Gasteiger partial charge >= 0.3 is 0 Å². The van der Waals surface area contributed by atoms with Crippen molar-refractivity contribution in [2.24, 2.45) is 0 Å². The SMILES string of the molecule is N#Cc1ccccc1Oc1cc(Cc2ccc(=O)[nH]n2)ccc1Cl. The number of nitrogens with one attached hydrogen (secondary N) is 1. The van der Waals surface area contributed by atoms with Gasteiger partial charge in [-0.1, -0.05) is 29.8 Å². The van der Waals surface area contributed by atoms with Crippen LogP contribution in [-0.4, -0.2) is 10.2 Å². The maximum atomic E-state index is 11.1. The molecule has 1 aromatic heterocycles. The molecule has 0 aliphatic carbocycles. The second-order valence-electron chi connectivity index (χ2n) is 5.06. The zero-order chi connectivity index (χ0) is 16.9. The summed E-state index contributed by atoms with van der Waals surface area (Å²) in [6.45, 7) is 0. The van der Waals surface area contributed by atoms with Gasteiger partial charge < -0.3 is 4.74 Å². The van der Waals surface area contributed by atoms with Gasteiger partial charge in [0.15, 0.2) is 0 Å². The van der Waals surface area contributed by atoms with E-state index in [1.807, 2.05) is 6.07 Å². The second-order valence-corrected chi connectivity index (χ2v) is 5.47. The molecule has 0 saturated carbocycles. The predicted octanol–water partition coefficient (Wildman–Crippen LogP) is 3.68. The normalized spacial score (nSPS) is 10.2. The second kappa shape index (κ2) is 6.99. The van der Waals surface area contributed by atoms with Gasteiger partial charge in [0.05, 0.1) is 16.3 Å². The number of halogens is 1. The zero-order valence-electron chi connectivity index (χ0n) is 12.5. The molecule has 6 heteroatoms. The molecule has 5 nitrogen and oxygen atoms in total. The van der Waals surface area contributed by atoms with Crippen LogP contribution in [0.5, 0.6) is 11.5 Å². The van der Waals surface area contributed by atoms with Crippen molar-refractivity contribution in [3.63, 3.8) is 0 Å². The van der Waals surface area contributed by atoms with Gasteiger partial charge in [-0.2, -0.15) is 10.4 Å². The molecule has 0 radical (unpaired) electrons. The minimum atomic E-state index is -0.244. The third kappa shape index (κ3) is 3.62. The fourth-order valence-electron chi connectivity index (χ4n) is 2.18. The van der Waals surface area contributed by atoms with Gasteiger partial charge in [0, 0.05) is 12.5 Å². The van der Waals surface area contributed by atoms with E-state index in [0.717, 1.165) is 11.3 Å². The molecule has 1 heterocycles. The first kappa shape index (κ1) is 15.8. The van der Waals surface area contributed by atoms with Crippen LogP contribution < -0.4 is 10.3 Å². The number of rotatable bonds is 4. The molecule has 0 unspecified atom stereocenters. The maximum absolute atomic E-state index is 11.1. The summed E-state index contributed by atoms with van der Waals surface area (Å²) in [6, 6.07) is 17.5. The Labute approximate surface area is 143 Å². The van der Waals surface area contributed by atoms with Gasteiger partial charge in [0.1, 0.15) is 17.6 Å². The van der Waals surface area contributed by atoms with E-state index in [9.17, 15) is 4.79 Å². The van der Waals surface area contributed by atoms with Crippen LogP contribution in [0.1, 0.15) is 16.8 Å². The Kier molecular flexibility index (Phi) is 4.59. The largest absolute Gasteiger partial charge is 0.454 e. The first-order valence-electron chi connectivity index (χ1n) is 7.16. The smallest absolute Gasteiger partial charge is 0.264 e. The van der Waals surface area contributed by atoms with Crippen molar-refractivity contribution in [1.82, 2.24) is 10.2 Å². The average molecular weight is 338 g/mol. The molecule has 0 atom stereocenters. The number of aromatic amines is 1. The van der Waals surface area contributed by atoms with Crippen molar-refractivity contribution >= 4 is 11.6 Å². The van der Waals surface area contributed by atoms with Crippen molar-refractivity contribution in [2.45, 2.75) is 6.42 Å². The summed E-state index contributed by atoms with van der Waals surface area (Å²) < 4.78 is 5.80. The van der Waals surface area contributed by atoms with E-state index in [2.05, 4.69) is 16.3 Å². The van der Waals surface area contributed by atoms with Crippen LogP contribution in [0.3, 0.4) is 0 Å². The number of ether oxygens (including phenoxy) is 1. The lowest BCUT2D eigenvalue weighted by molar-refractivity contribution is 0.481. The molecule has 0 aliphatic rings. The monoisotopic (exact) mass is 337 g/mol. The Morgan fingerprint density at radius 2 is 1.96 bits per heavy atom. The highest BCUT2D eigenvalue weighted by Crippen LogP contribution is 2.32. The summed E-state index contributed by atoms with van der Waals surface area (Å²) in [5.41, 5.74) is 1.83. The molecule has 1 N–H and O–H groups in total. The third-order valence-corrected chi connectivity index (χ3v) is 3.66. The Morgan fingerprint density at radius 1 is 1.12 bits per heavy atom. The summed E-state index contributed by atoms with van der Waals surface area (Å²) >= 11 is 6.19. The number of hydrogen-bond donors (Lipinski definition) is 1. The van der Waals surface area contributed by atoms with Crippen LogP contribution in [-0.2, 0) is 6.42 Å². The first-order valence-corrected chi connectivity index (χ1v) is 7.53. The van der Waals surface area contributed by atoms with Crippen LogP contribution in [0.15, 0.2) is 59.4 Å². The molecule has 0 saturated heterocycles. The quantitative estimate of drug-likeness (QED) is 0.787. The van der Waals surface area contributed by atoms with Crippen molar-refractivity contribution in [3.05, 3.63) is 86.8 Å². The van der Waals surface area contributed by atoms with E-state index in [1.54, 1.807) is 42.5 Å². The Balaban J connectivity index is 1.87. The molecule has 24 heavy (non-hydrogen) atoms. The summed E-state index contributed by atoms with van der Waals surface area (Å²) in [5.74, 6) is 0.905. The van der Waals surface area contributed by atoms with Crippen molar-refractivity contribution in [1.29, 1.82) is 5.26 Å². The summed E-state index contributed by atoms with van der Waals surface area (Å²) in [7, 11) is 0. The molecular weight excluding hydrogens is 326 g/mol. The highest BCUT2D eigenvalue weighted by molar-refractivity contribution is 6.32. The standard InChI is InChI=1S/C18H12ClN3O2/c19-15-7-5-12(9-14-6-8-18(23)22-21-14)10-17(15)24-16-4-2-1-3-13(16)11-20/h1-8,10H,9H2,(H,22,23). The number of para-hydroxylation sites is 1. The number of nitrogens with zero attached hydrogens (tertiary/aromatic N) is 2. The molecule has 0 amide bonds. The van der Waals surface area contributed by atoms with Crippen LogP contribution in [0.25, 0.3) is 0 Å². The Hall–Kier alpha value is -3.10. The molecule has 0 aliphatic heterocycles. The number of H-pyrrole nitrogens is 1. The Morgan fingerprint density at radius 3 is 2.71 bits per heavy atom. The molecule has 0 spiro atoms. The van der Waals surface area contributed by atoms with Gasteiger partial charge in [0.2, 0.25) is 0 Å². The van der Waals surface area contributed by atoms with Crippen LogP contribution in [0.2, 0.25) is 5.02 Å². The lowest BCUT2D eigenvalue weighted by Gasteiger charge is -2.10. The summed E-state index contributed by atoms with van der Waals surface area (Å²) in [5, 5.41) is 16.0. The van der Waals surface area contributed by atoms with Crippen molar-refractivity contribution in [2.75, 3.05) is 0 Å². The van der Waals surface area contributed by atoms with Crippen molar-refractivity contribution in [3.8, 4) is 17.6 Å². The molecule has 3 rings (SSSR count). The summed E-state index contributed by atoms with van der Waals surface area (Å²) in [4.78, 5) is 11.1. The van der Waals surface area contributed by atoms with E-state index in [1.165, 1.54) is 6.07 Å². The molecule has 118 valence electrons. The molecule has 0 fully saturated rings. The highest BCUT2D eigenvalue weighted by atomic mass is 35.5. The fraction of sp³-hybridized carbons (Fsp3) is 0.0556. The first-order chi connectivity index (χ1) is 11.7. The fourth-order valence-corrected chi connectivity index (χ4v) is 2.34. The van der Waals surface area contributed by atoms with Gasteiger partial charge in [0.25, 0.3) is 5.56 Å². The summed E-state index contributed by atoms with van der Waals surface area (Å²) in [6.07, 6.45) is 0.518. The minimum absolute atomic E-state index is 0.244. The van der Waals surface area contributed by atoms with Crippen LogP contribution >= 0.6 is 11.6 Å². The predicted molar refractivity (Wildman–Crippen MR) is 90.3 cm³/mol. The van der Waals surface area contributed by atoms with E-state index in [4.69, 9.17) is 21.6 Å². The number of nitriles is 1. The molecule has 3 aromatic rings. The van der Waals surface area contributed by atoms with Gasteiger partial charge in [-0.15, -0.1) is 0 Å². The van der Waals surface area contributed by atoms with Crippen LogP contribution in [0.4, 0.5) is 0 Å². The minimum Gasteiger partial charge on any atom is -0.454 e. The van der Waals surface area contributed by atoms with E-state index >= 15 is 0 Å². The topological polar surface area (TPSA) is 78.8 Å². The molecule has 0 bridgehead atoms. The number of hydrogen-bond acceptors (Lipinski definition) is 4. The van der Waals surface area contributed by atoms with Gasteiger partial charge in [-0.25, -0.2) is 5.10 Å². The third-order valence-electron chi connectivity index (χ3n) is 3.35. The maximum Gasteiger partial charge on any atom is 0.264 e. The van der Waals surface area contributed by atoms with Crippen molar-refractivity contribution < 1.29 is 4.74 Å². The Bertz CT molecular complexity index is 956. The zero-order valence-corrected chi connectivity index (χ0v) is 13.2. The molecular formula is C18H12ClN3O2. The van der Waals surface area contributed by atoms with E-state index in [-0.39, 0.29) is 5.56 Å². The average Bonchev–Trinajstić information content (AvgIpc) is 2.60. The van der Waals surface area contributed by atoms with Gasteiger partial charge in [-0.3, -0.25) is 4.79 Å². The number of aromatic nitrogens is 2. The number of benzene rings is 2. The van der Waals surface area contributed by atoms with E-state index < -0.39 is 0 Å². The lowest BCUT2D eigenvalue weighted by Crippen LogP contribution is -2.07. The van der Waals surface area contributed by atoms with Gasteiger partial charge in [-0.05, 0) is 35.9 Å². The highest BCUT2D eigenvalue weighted by Gasteiger charge is 2.09. The van der Waals surface area contributed by atoms with Crippen LogP contribution in [0, 0.1) is 11.3 Å². The lowest BCUT2D eigenvalue weighted by atomic mass is 10.1.